The zero-order valence-corrected chi connectivity index (χ0v) is 16.6. The molecule has 3 amide bonds. The quantitative estimate of drug-likeness (QED) is 0.612. The average molecular weight is 407 g/mol. The first-order chi connectivity index (χ1) is 14.4. The van der Waals surface area contributed by atoms with Gasteiger partial charge in [-0.15, -0.1) is 0 Å². The molecule has 30 heavy (non-hydrogen) atoms. The lowest BCUT2D eigenvalue weighted by Crippen LogP contribution is -2.47. The number of hydrogen-bond acceptors (Lipinski definition) is 5. The van der Waals surface area contributed by atoms with E-state index in [0.717, 1.165) is 0 Å². The number of aromatic nitrogens is 2. The molecule has 0 saturated carbocycles. The van der Waals surface area contributed by atoms with E-state index in [1.165, 1.54) is 16.6 Å². The number of aryl methyl sites for hydroxylation is 1. The van der Waals surface area contributed by atoms with Crippen molar-refractivity contribution in [3.8, 4) is 0 Å². The van der Waals surface area contributed by atoms with E-state index in [9.17, 15) is 19.2 Å². The average Bonchev–Trinajstić information content (AvgIpc) is 2.78. The molecule has 0 aliphatic heterocycles. The van der Waals surface area contributed by atoms with Crippen LogP contribution in [0.5, 0.6) is 0 Å². The highest BCUT2D eigenvalue weighted by molar-refractivity contribution is 6.05. The predicted molar refractivity (Wildman–Crippen MR) is 111 cm³/mol. The Hall–Kier alpha value is -4.01. The number of hydrogen-bond donors (Lipinski definition) is 2. The third-order valence-corrected chi connectivity index (χ3v) is 4.45. The Bertz CT molecular complexity index is 1160. The Labute approximate surface area is 172 Å². The molecular weight excluding hydrogens is 386 g/mol. The van der Waals surface area contributed by atoms with Crippen molar-refractivity contribution in [3.63, 3.8) is 0 Å². The predicted octanol–water partition coefficient (Wildman–Crippen LogP) is 0.950. The van der Waals surface area contributed by atoms with Crippen LogP contribution in [0, 0.1) is 0 Å². The summed E-state index contributed by atoms with van der Waals surface area (Å²) in [6.07, 6.45) is 0. The third kappa shape index (κ3) is 4.35. The van der Waals surface area contributed by atoms with Gasteiger partial charge in [0.1, 0.15) is 6.54 Å². The fraction of sp³-hybridized carbons (Fsp3) is 0.190. The molecule has 0 spiro atoms. The number of likely N-dealkylation sites (N-methyl/N-ethyl adjacent to an activating group) is 1. The molecule has 0 aliphatic rings. The normalized spacial score (nSPS) is 10.5. The number of fused-ring (bicyclic) bond motifs is 1. The van der Waals surface area contributed by atoms with Crippen molar-refractivity contribution in [3.05, 3.63) is 76.2 Å². The molecule has 9 heteroatoms. The Kier molecular flexibility index (Phi) is 6.21. The number of rotatable bonds is 5. The van der Waals surface area contributed by atoms with Gasteiger partial charge in [0.25, 0.3) is 23.3 Å². The van der Waals surface area contributed by atoms with Crippen LogP contribution >= 0.6 is 0 Å². The van der Waals surface area contributed by atoms with Crippen LogP contribution in [0.25, 0.3) is 10.8 Å². The molecule has 0 radical (unpaired) electrons. The smallest absolute Gasteiger partial charge is 0.290 e. The van der Waals surface area contributed by atoms with Crippen LogP contribution in [0.15, 0.2) is 59.4 Å². The summed E-state index contributed by atoms with van der Waals surface area (Å²) in [5.74, 6) is -1.57. The maximum Gasteiger partial charge on any atom is 0.290 e. The van der Waals surface area contributed by atoms with Crippen LogP contribution in [0.3, 0.4) is 0 Å². The summed E-state index contributed by atoms with van der Waals surface area (Å²) < 4.78 is 1.19. The van der Waals surface area contributed by atoms with Crippen LogP contribution in [0.1, 0.15) is 27.8 Å². The standard InChI is InChI=1S/C21H21N5O4/c1-3-26-21(30)16-12-8-7-11-15(16)18(24-26)19(28)23-22-17(27)13-25(2)20(29)14-9-5-4-6-10-14/h4-12H,3,13H2,1-2H3,(H,22,27)(H,23,28). The van der Waals surface area contributed by atoms with Crippen LogP contribution in [0.2, 0.25) is 0 Å². The second-order valence-electron chi connectivity index (χ2n) is 6.54. The van der Waals surface area contributed by atoms with Crippen molar-refractivity contribution < 1.29 is 14.4 Å². The van der Waals surface area contributed by atoms with Gasteiger partial charge in [0.15, 0.2) is 5.69 Å². The molecule has 0 unspecified atom stereocenters. The summed E-state index contributed by atoms with van der Waals surface area (Å²) in [7, 11) is 1.49. The van der Waals surface area contributed by atoms with Crippen molar-refractivity contribution in [1.82, 2.24) is 25.5 Å². The molecule has 0 saturated heterocycles. The lowest BCUT2D eigenvalue weighted by molar-refractivity contribution is -0.122. The van der Waals surface area contributed by atoms with Crippen molar-refractivity contribution in [2.75, 3.05) is 13.6 Å². The fourth-order valence-corrected chi connectivity index (χ4v) is 2.93. The summed E-state index contributed by atoms with van der Waals surface area (Å²) in [5.41, 5.74) is 4.74. The third-order valence-electron chi connectivity index (χ3n) is 4.45. The van der Waals surface area contributed by atoms with Crippen LogP contribution in [0.4, 0.5) is 0 Å². The molecule has 9 nitrogen and oxygen atoms in total. The van der Waals surface area contributed by atoms with E-state index < -0.39 is 11.8 Å². The molecule has 0 fully saturated rings. The van der Waals surface area contributed by atoms with Gasteiger partial charge in [-0.05, 0) is 25.1 Å². The van der Waals surface area contributed by atoms with Crippen molar-refractivity contribution in [1.29, 1.82) is 0 Å². The molecule has 3 aromatic rings. The first-order valence-electron chi connectivity index (χ1n) is 9.32. The lowest BCUT2D eigenvalue weighted by atomic mass is 10.1. The van der Waals surface area contributed by atoms with Gasteiger partial charge >= 0.3 is 0 Å². The number of nitrogens with one attached hydrogen (secondary N) is 2. The molecule has 3 rings (SSSR count). The maximum atomic E-state index is 12.6. The lowest BCUT2D eigenvalue weighted by Gasteiger charge is -2.17. The largest absolute Gasteiger partial charge is 0.332 e. The number of hydrazine groups is 1. The molecule has 0 aliphatic carbocycles. The van der Waals surface area contributed by atoms with Gasteiger partial charge in [-0.25, -0.2) is 4.68 Å². The first-order valence-corrected chi connectivity index (χ1v) is 9.32. The number of nitrogens with zero attached hydrogens (tertiary/aromatic N) is 3. The van der Waals surface area contributed by atoms with Crippen molar-refractivity contribution in [2.24, 2.45) is 0 Å². The number of carbonyl (C=O) groups excluding carboxylic acids is 3. The van der Waals surface area contributed by atoms with E-state index in [0.29, 0.717) is 22.9 Å². The summed E-state index contributed by atoms with van der Waals surface area (Å²) in [6, 6.07) is 15.2. The minimum atomic E-state index is -0.668. The monoisotopic (exact) mass is 407 g/mol. The first kappa shape index (κ1) is 20.7. The molecule has 154 valence electrons. The molecular formula is C21H21N5O4. The van der Waals surface area contributed by atoms with E-state index in [1.54, 1.807) is 61.5 Å². The van der Waals surface area contributed by atoms with E-state index in [-0.39, 0.29) is 23.7 Å². The van der Waals surface area contributed by atoms with Gasteiger partial charge in [-0.3, -0.25) is 30.0 Å². The summed E-state index contributed by atoms with van der Waals surface area (Å²) in [4.78, 5) is 50.7. The SMILES string of the molecule is CCn1nc(C(=O)NNC(=O)CN(C)C(=O)c2ccccc2)c2ccccc2c1=O. The summed E-state index contributed by atoms with van der Waals surface area (Å²) >= 11 is 0. The maximum absolute atomic E-state index is 12.6. The van der Waals surface area contributed by atoms with Gasteiger partial charge < -0.3 is 4.90 Å². The molecule has 1 heterocycles. The zero-order valence-electron chi connectivity index (χ0n) is 16.6. The molecule has 2 aromatic carbocycles. The number of benzene rings is 2. The van der Waals surface area contributed by atoms with Crippen LogP contribution in [-0.2, 0) is 11.3 Å². The second kappa shape index (κ2) is 8.99. The Morgan fingerprint density at radius 3 is 2.27 bits per heavy atom. The van der Waals surface area contributed by atoms with E-state index in [2.05, 4.69) is 16.0 Å². The Morgan fingerprint density at radius 1 is 0.967 bits per heavy atom. The molecule has 2 N–H and O–H groups in total. The molecule has 0 atom stereocenters. The summed E-state index contributed by atoms with van der Waals surface area (Å²) in [5, 5.41) is 4.85. The van der Waals surface area contributed by atoms with Gasteiger partial charge in [0, 0.05) is 24.5 Å². The van der Waals surface area contributed by atoms with Gasteiger partial charge in [-0.1, -0.05) is 36.4 Å². The highest BCUT2D eigenvalue weighted by Gasteiger charge is 2.18. The highest BCUT2D eigenvalue weighted by Crippen LogP contribution is 2.13. The van der Waals surface area contributed by atoms with E-state index >= 15 is 0 Å². The summed E-state index contributed by atoms with van der Waals surface area (Å²) in [6.45, 7) is 1.78. The van der Waals surface area contributed by atoms with Gasteiger partial charge in [-0.2, -0.15) is 5.10 Å². The topological polar surface area (TPSA) is 113 Å². The van der Waals surface area contributed by atoms with Crippen LogP contribution in [-0.4, -0.2) is 46.0 Å². The Morgan fingerprint density at radius 2 is 1.60 bits per heavy atom. The second-order valence-corrected chi connectivity index (χ2v) is 6.54. The van der Waals surface area contributed by atoms with Crippen LogP contribution < -0.4 is 16.4 Å². The van der Waals surface area contributed by atoms with Crippen molar-refractivity contribution >= 4 is 28.5 Å². The molecule has 0 bridgehead atoms. The number of amides is 3. The van der Waals surface area contributed by atoms with Gasteiger partial charge in [0.2, 0.25) is 0 Å². The highest BCUT2D eigenvalue weighted by atomic mass is 16.2. The molecule has 1 aromatic heterocycles. The Balaban J connectivity index is 1.68. The number of carbonyl (C=O) groups is 3. The van der Waals surface area contributed by atoms with Crippen molar-refractivity contribution in [2.45, 2.75) is 13.5 Å². The zero-order chi connectivity index (χ0) is 21.7. The fourth-order valence-electron chi connectivity index (χ4n) is 2.93. The minimum absolute atomic E-state index is 0.0149. The van der Waals surface area contributed by atoms with E-state index in [1.807, 2.05) is 0 Å². The minimum Gasteiger partial charge on any atom is -0.332 e. The van der Waals surface area contributed by atoms with E-state index in [4.69, 9.17) is 0 Å². The van der Waals surface area contributed by atoms with Gasteiger partial charge in [0.05, 0.1) is 5.39 Å².